The maximum Gasteiger partial charge on any atom is 0.224 e. The van der Waals surface area contributed by atoms with Crippen molar-refractivity contribution in [1.29, 1.82) is 0 Å². The molecule has 0 aliphatic carbocycles. The molecule has 0 bridgehead atoms. The van der Waals surface area contributed by atoms with Crippen LogP contribution in [0, 0.1) is 6.92 Å². The highest BCUT2D eigenvalue weighted by Crippen LogP contribution is 2.22. The summed E-state index contributed by atoms with van der Waals surface area (Å²) in [7, 11) is 0. The Hall–Kier alpha value is -1.42. The maximum absolute atomic E-state index is 5.95. The Kier molecular flexibility index (Phi) is 2.91. The van der Waals surface area contributed by atoms with Gasteiger partial charge in [0, 0.05) is 17.7 Å². The Bertz CT molecular complexity index is 540. The molecule has 0 N–H and O–H groups in total. The molecule has 0 saturated carbocycles. The van der Waals surface area contributed by atoms with Crippen molar-refractivity contribution in [3.05, 3.63) is 35.0 Å². The molecular weight excluding hydrogens is 236 g/mol. The Morgan fingerprint density at radius 1 is 1.24 bits per heavy atom. The van der Waals surface area contributed by atoms with E-state index in [4.69, 9.17) is 11.6 Å². The molecule has 0 aromatic carbocycles. The number of rotatable bonds is 1. The molecule has 0 aliphatic heterocycles. The van der Waals surface area contributed by atoms with Crippen LogP contribution in [0.5, 0.6) is 0 Å². The number of aryl methyl sites for hydroxylation is 1. The molecule has 0 saturated heterocycles. The van der Waals surface area contributed by atoms with E-state index < -0.39 is 0 Å². The minimum atomic E-state index is -0.0659. The van der Waals surface area contributed by atoms with E-state index in [0.29, 0.717) is 5.82 Å². The van der Waals surface area contributed by atoms with Crippen LogP contribution in [0.15, 0.2) is 18.5 Å². The zero-order chi connectivity index (χ0) is 12.6. The van der Waals surface area contributed by atoms with E-state index in [9.17, 15) is 0 Å². The summed E-state index contributed by atoms with van der Waals surface area (Å²) in [6, 6.07) is 1.92. The molecule has 0 spiro atoms. The van der Waals surface area contributed by atoms with Crippen molar-refractivity contribution in [2.75, 3.05) is 0 Å². The number of halogens is 1. The van der Waals surface area contributed by atoms with Crippen molar-refractivity contribution >= 4 is 11.6 Å². The van der Waals surface area contributed by atoms with Crippen LogP contribution >= 0.6 is 11.6 Å². The van der Waals surface area contributed by atoms with Crippen molar-refractivity contribution in [3.63, 3.8) is 0 Å². The van der Waals surface area contributed by atoms with Gasteiger partial charge in [0.2, 0.25) is 5.28 Å². The molecule has 2 heterocycles. The maximum atomic E-state index is 5.95. The predicted molar refractivity (Wildman–Crippen MR) is 67.6 cm³/mol. The zero-order valence-electron chi connectivity index (χ0n) is 10.4. The van der Waals surface area contributed by atoms with Crippen molar-refractivity contribution in [2.24, 2.45) is 0 Å². The SMILES string of the molecule is Cc1cnn(-c2cc(C(C)(C)C)nc(Cl)n2)c1. The Morgan fingerprint density at radius 3 is 2.47 bits per heavy atom. The van der Waals surface area contributed by atoms with Crippen molar-refractivity contribution in [2.45, 2.75) is 33.1 Å². The lowest BCUT2D eigenvalue weighted by Crippen LogP contribution is -2.15. The van der Waals surface area contributed by atoms with Gasteiger partial charge in [-0.25, -0.2) is 9.67 Å². The molecular formula is C12H15ClN4. The molecule has 0 fully saturated rings. The molecule has 4 nitrogen and oxygen atoms in total. The van der Waals surface area contributed by atoms with E-state index in [0.717, 1.165) is 11.3 Å². The van der Waals surface area contributed by atoms with Gasteiger partial charge in [0.25, 0.3) is 0 Å². The smallest absolute Gasteiger partial charge is 0.222 e. The lowest BCUT2D eigenvalue weighted by atomic mass is 9.92. The topological polar surface area (TPSA) is 43.6 Å². The van der Waals surface area contributed by atoms with Gasteiger partial charge in [-0.05, 0) is 24.1 Å². The molecule has 0 amide bonds. The minimum Gasteiger partial charge on any atom is -0.222 e. The first kappa shape index (κ1) is 12.0. The van der Waals surface area contributed by atoms with E-state index in [-0.39, 0.29) is 10.7 Å². The summed E-state index contributed by atoms with van der Waals surface area (Å²) in [5, 5.41) is 4.47. The lowest BCUT2D eigenvalue weighted by molar-refractivity contribution is 0.565. The zero-order valence-corrected chi connectivity index (χ0v) is 11.2. The van der Waals surface area contributed by atoms with E-state index in [1.807, 2.05) is 19.2 Å². The third-order valence-corrected chi connectivity index (χ3v) is 2.57. The number of hydrogen-bond donors (Lipinski definition) is 0. The average molecular weight is 251 g/mol. The molecule has 2 rings (SSSR count). The second-order valence-electron chi connectivity index (χ2n) is 5.09. The van der Waals surface area contributed by atoms with Gasteiger partial charge in [0.05, 0.1) is 11.9 Å². The first-order valence-electron chi connectivity index (χ1n) is 5.43. The summed E-state index contributed by atoms with van der Waals surface area (Å²) in [5.74, 6) is 0.697. The molecule has 2 aromatic heterocycles. The Balaban J connectivity index is 2.52. The van der Waals surface area contributed by atoms with Gasteiger partial charge >= 0.3 is 0 Å². The minimum absolute atomic E-state index is 0.0659. The standard InChI is InChI=1S/C12H15ClN4/c1-8-6-14-17(7-8)10-5-9(12(2,3)4)15-11(13)16-10/h5-7H,1-4H3. The molecule has 17 heavy (non-hydrogen) atoms. The lowest BCUT2D eigenvalue weighted by Gasteiger charge is -2.18. The fourth-order valence-corrected chi connectivity index (χ4v) is 1.62. The molecule has 0 radical (unpaired) electrons. The third kappa shape index (κ3) is 2.64. The second-order valence-corrected chi connectivity index (χ2v) is 5.43. The van der Waals surface area contributed by atoms with Crippen LogP contribution in [0.2, 0.25) is 5.28 Å². The second kappa shape index (κ2) is 4.11. The summed E-state index contributed by atoms with van der Waals surface area (Å²) < 4.78 is 1.71. The molecule has 2 aromatic rings. The average Bonchev–Trinajstić information content (AvgIpc) is 2.62. The fourth-order valence-electron chi connectivity index (χ4n) is 1.45. The highest BCUT2D eigenvalue weighted by atomic mass is 35.5. The summed E-state index contributed by atoms with van der Waals surface area (Å²) in [5.41, 5.74) is 1.92. The van der Waals surface area contributed by atoms with E-state index in [1.165, 1.54) is 0 Å². The normalized spacial score (nSPS) is 11.8. The van der Waals surface area contributed by atoms with Gasteiger partial charge in [0.1, 0.15) is 0 Å². The van der Waals surface area contributed by atoms with Crippen molar-refractivity contribution < 1.29 is 0 Å². The van der Waals surface area contributed by atoms with Crippen LogP contribution in [0.4, 0.5) is 0 Å². The third-order valence-electron chi connectivity index (χ3n) is 2.40. The van der Waals surface area contributed by atoms with Crippen LogP contribution in [-0.2, 0) is 5.41 Å². The first-order valence-corrected chi connectivity index (χ1v) is 5.81. The molecule has 0 atom stereocenters. The summed E-state index contributed by atoms with van der Waals surface area (Å²) >= 11 is 5.95. The monoisotopic (exact) mass is 250 g/mol. The van der Waals surface area contributed by atoms with Gasteiger partial charge < -0.3 is 0 Å². The summed E-state index contributed by atoms with van der Waals surface area (Å²) in [4.78, 5) is 8.44. The Morgan fingerprint density at radius 2 is 1.94 bits per heavy atom. The van der Waals surface area contributed by atoms with Crippen LogP contribution in [0.1, 0.15) is 32.0 Å². The van der Waals surface area contributed by atoms with Crippen LogP contribution in [0.25, 0.3) is 5.82 Å². The quantitative estimate of drug-likeness (QED) is 0.731. The number of aromatic nitrogens is 4. The largest absolute Gasteiger partial charge is 0.224 e. The van der Waals surface area contributed by atoms with Gasteiger partial charge in [-0.3, -0.25) is 0 Å². The molecule has 0 aliphatic rings. The number of hydrogen-bond acceptors (Lipinski definition) is 3. The van der Waals surface area contributed by atoms with Crippen LogP contribution < -0.4 is 0 Å². The van der Waals surface area contributed by atoms with Crippen molar-refractivity contribution in [3.8, 4) is 5.82 Å². The molecule has 90 valence electrons. The van der Waals surface area contributed by atoms with E-state index >= 15 is 0 Å². The van der Waals surface area contributed by atoms with Gasteiger partial charge in [0.15, 0.2) is 5.82 Å². The van der Waals surface area contributed by atoms with Crippen LogP contribution in [-0.4, -0.2) is 19.7 Å². The van der Waals surface area contributed by atoms with Gasteiger partial charge in [-0.1, -0.05) is 20.8 Å². The summed E-state index contributed by atoms with van der Waals surface area (Å²) in [6.45, 7) is 8.24. The van der Waals surface area contributed by atoms with E-state index in [2.05, 4.69) is 35.8 Å². The molecule has 0 unspecified atom stereocenters. The fraction of sp³-hybridized carbons (Fsp3) is 0.417. The van der Waals surface area contributed by atoms with E-state index in [1.54, 1.807) is 10.9 Å². The van der Waals surface area contributed by atoms with Gasteiger partial charge in [-0.15, -0.1) is 0 Å². The predicted octanol–water partition coefficient (Wildman–Crippen LogP) is 2.92. The highest BCUT2D eigenvalue weighted by molar-refractivity contribution is 6.28. The highest BCUT2D eigenvalue weighted by Gasteiger charge is 2.18. The van der Waals surface area contributed by atoms with Crippen LogP contribution in [0.3, 0.4) is 0 Å². The van der Waals surface area contributed by atoms with Gasteiger partial charge in [-0.2, -0.15) is 10.1 Å². The van der Waals surface area contributed by atoms with Crippen molar-refractivity contribution in [1.82, 2.24) is 19.7 Å². The number of nitrogens with zero attached hydrogens (tertiary/aromatic N) is 4. The summed E-state index contributed by atoms with van der Waals surface area (Å²) in [6.07, 6.45) is 3.69. The first-order chi connectivity index (χ1) is 7.86. The Labute approximate surface area is 106 Å². The molecule has 5 heteroatoms.